The summed E-state index contributed by atoms with van der Waals surface area (Å²) in [5.41, 5.74) is 1.72. The number of carbonyl (C=O) groups excluding carboxylic acids is 1. The number of hydrogen-bond acceptors (Lipinski definition) is 3. The Morgan fingerprint density at radius 2 is 1.79 bits per heavy atom. The van der Waals surface area contributed by atoms with Gasteiger partial charge < -0.3 is 10.2 Å². The zero-order valence-corrected chi connectivity index (χ0v) is 15.0. The summed E-state index contributed by atoms with van der Waals surface area (Å²) in [6, 6.07) is 10.6. The Bertz CT molecular complexity index is 1030. The number of carbonyl (C=O) groups is 1. The van der Waals surface area contributed by atoms with Gasteiger partial charge in [-0.05, 0) is 49.4 Å². The van der Waals surface area contributed by atoms with E-state index < -0.39 is 11.6 Å². The topological polar surface area (TPSA) is 50.2 Å². The summed E-state index contributed by atoms with van der Waals surface area (Å²) in [4.78, 5) is 14.5. The van der Waals surface area contributed by atoms with Gasteiger partial charge in [-0.1, -0.05) is 0 Å². The molecule has 1 aromatic heterocycles. The van der Waals surface area contributed by atoms with Gasteiger partial charge >= 0.3 is 0 Å². The molecule has 5 nitrogen and oxygen atoms in total. The van der Waals surface area contributed by atoms with Gasteiger partial charge in [-0.3, -0.25) is 9.48 Å². The van der Waals surface area contributed by atoms with Crippen molar-refractivity contribution in [1.29, 1.82) is 0 Å². The second kappa shape index (κ2) is 7.03. The van der Waals surface area contributed by atoms with E-state index in [2.05, 4.69) is 10.4 Å². The van der Waals surface area contributed by atoms with E-state index >= 15 is 0 Å². The fourth-order valence-corrected chi connectivity index (χ4v) is 3.25. The lowest BCUT2D eigenvalue weighted by Gasteiger charge is -2.31. The predicted molar refractivity (Wildman–Crippen MR) is 98.7 cm³/mol. The number of nitrogens with one attached hydrogen (secondary N) is 1. The van der Waals surface area contributed by atoms with Gasteiger partial charge in [0.15, 0.2) is 0 Å². The molecular formula is C20H17F3N4O. The van der Waals surface area contributed by atoms with Crippen molar-refractivity contribution in [2.24, 2.45) is 0 Å². The average Bonchev–Trinajstić information content (AvgIpc) is 3.10. The van der Waals surface area contributed by atoms with E-state index in [1.165, 1.54) is 18.2 Å². The number of rotatable bonds is 4. The summed E-state index contributed by atoms with van der Waals surface area (Å²) in [5, 5.41) is 7.30. The van der Waals surface area contributed by atoms with Crippen LogP contribution in [-0.2, 0) is 6.54 Å². The molecule has 0 aliphatic carbocycles. The molecule has 0 fully saturated rings. The molecule has 144 valence electrons. The smallest absolute Gasteiger partial charge is 0.276 e. The summed E-state index contributed by atoms with van der Waals surface area (Å²) in [6.45, 7) is 2.51. The molecule has 8 heteroatoms. The van der Waals surface area contributed by atoms with E-state index in [0.717, 1.165) is 12.1 Å². The van der Waals surface area contributed by atoms with E-state index in [-0.39, 0.29) is 30.0 Å². The van der Waals surface area contributed by atoms with Crippen molar-refractivity contribution < 1.29 is 18.0 Å². The zero-order chi connectivity index (χ0) is 19.8. The molecule has 0 radical (unpaired) electrons. The second-order valence-corrected chi connectivity index (χ2v) is 6.68. The molecule has 0 spiro atoms. The molecule has 1 N–H and O–H groups in total. The Morgan fingerprint density at radius 3 is 2.50 bits per heavy atom. The van der Waals surface area contributed by atoms with Crippen molar-refractivity contribution >= 4 is 17.3 Å². The maximum atomic E-state index is 13.8. The van der Waals surface area contributed by atoms with Gasteiger partial charge in [-0.25, -0.2) is 13.2 Å². The van der Waals surface area contributed by atoms with Gasteiger partial charge in [0.05, 0.1) is 24.0 Å². The van der Waals surface area contributed by atoms with E-state index in [4.69, 9.17) is 0 Å². The number of amides is 1. The van der Waals surface area contributed by atoms with E-state index in [9.17, 15) is 18.0 Å². The van der Waals surface area contributed by atoms with Crippen molar-refractivity contribution in [2.45, 2.75) is 19.5 Å². The van der Waals surface area contributed by atoms with Crippen LogP contribution in [0.3, 0.4) is 0 Å². The Hall–Kier alpha value is -3.29. The van der Waals surface area contributed by atoms with Gasteiger partial charge in [0, 0.05) is 18.3 Å². The molecule has 1 aliphatic heterocycles. The zero-order valence-electron chi connectivity index (χ0n) is 15.0. The minimum Gasteiger partial charge on any atom is -0.377 e. The van der Waals surface area contributed by atoms with Gasteiger partial charge in [-0.2, -0.15) is 5.10 Å². The fraction of sp³-hybridized carbons (Fsp3) is 0.200. The third-order valence-corrected chi connectivity index (χ3v) is 4.64. The first-order valence-corrected chi connectivity index (χ1v) is 8.77. The third-order valence-electron chi connectivity index (χ3n) is 4.64. The van der Waals surface area contributed by atoms with Gasteiger partial charge in [0.1, 0.15) is 23.1 Å². The van der Waals surface area contributed by atoms with Crippen molar-refractivity contribution in [3.63, 3.8) is 0 Å². The SMILES string of the molecule is C[C@H]1CN(c2ccc(F)cc2)C(=O)c2cc(CNc3ccc(F)cc3F)nn21. The van der Waals surface area contributed by atoms with E-state index in [1.54, 1.807) is 27.8 Å². The molecule has 2 aromatic carbocycles. The van der Waals surface area contributed by atoms with Crippen LogP contribution in [0.1, 0.15) is 29.1 Å². The van der Waals surface area contributed by atoms with Crippen LogP contribution in [0.5, 0.6) is 0 Å². The molecule has 4 rings (SSSR count). The molecule has 0 saturated heterocycles. The minimum atomic E-state index is -0.698. The first-order valence-electron chi connectivity index (χ1n) is 8.77. The summed E-state index contributed by atoms with van der Waals surface area (Å²) < 4.78 is 41.6. The Kier molecular flexibility index (Phi) is 4.54. The molecule has 1 aliphatic rings. The number of halogens is 3. The van der Waals surface area contributed by atoms with Crippen LogP contribution >= 0.6 is 0 Å². The highest BCUT2D eigenvalue weighted by Gasteiger charge is 2.31. The van der Waals surface area contributed by atoms with Crippen LogP contribution < -0.4 is 10.2 Å². The lowest BCUT2D eigenvalue weighted by Crippen LogP contribution is -2.42. The molecule has 1 amide bonds. The van der Waals surface area contributed by atoms with Crippen LogP contribution in [0.2, 0.25) is 0 Å². The highest BCUT2D eigenvalue weighted by atomic mass is 19.1. The number of nitrogens with zero attached hydrogens (tertiary/aromatic N) is 3. The molecule has 1 atom stereocenters. The van der Waals surface area contributed by atoms with Crippen LogP contribution in [0.25, 0.3) is 0 Å². The second-order valence-electron chi connectivity index (χ2n) is 6.68. The van der Waals surface area contributed by atoms with Crippen molar-refractivity contribution in [2.75, 3.05) is 16.8 Å². The van der Waals surface area contributed by atoms with Crippen molar-refractivity contribution in [3.8, 4) is 0 Å². The summed E-state index contributed by atoms with van der Waals surface area (Å²) in [6.07, 6.45) is 0. The standard InChI is InChI=1S/C20H17F3N4O/c1-12-11-26(16-5-2-13(21)3-6-16)20(28)19-9-15(25-27(12)19)10-24-18-7-4-14(22)8-17(18)23/h2-9,12,24H,10-11H2,1H3/t12-/m0/s1. The maximum Gasteiger partial charge on any atom is 0.276 e. The maximum absolute atomic E-state index is 13.8. The largest absolute Gasteiger partial charge is 0.377 e. The van der Waals surface area contributed by atoms with Crippen molar-refractivity contribution in [3.05, 3.63) is 77.4 Å². The quantitative estimate of drug-likeness (QED) is 0.733. The molecule has 0 unspecified atom stereocenters. The number of fused-ring (bicyclic) bond motifs is 1. The highest BCUT2D eigenvalue weighted by molar-refractivity contribution is 6.05. The molecule has 28 heavy (non-hydrogen) atoms. The first-order chi connectivity index (χ1) is 13.4. The van der Waals surface area contributed by atoms with Gasteiger partial charge in [0.25, 0.3) is 5.91 Å². The summed E-state index contributed by atoms with van der Waals surface area (Å²) in [5.74, 6) is -1.96. The molecule has 2 heterocycles. The number of aromatic nitrogens is 2. The lowest BCUT2D eigenvalue weighted by molar-refractivity contribution is 0.0953. The first kappa shape index (κ1) is 18.1. The predicted octanol–water partition coefficient (Wildman–Crippen LogP) is 4.13. The molecular weight excluding hydrogens is 369 g/mol. The lowest BCUT2D eigenvalue weighted by atomic mass is 10.1. The molecule has 0 bridgehead atoms. The minimum absolute atomic E-state index is 0.0888. The van der Waals surface area contributed by atoms with Gasteiger partial charge in [0.2, 0.25) is 0 Å². The van der Waals surface area contributed by atoms with Gasteiger partial charge in [-0.15, -0.1) is 0 Å². The van der Waals surface area contributed by atoms with Crippen molar-refractivity contribution in [1.82, 2.24) is 9.78 Å². The van der Waals surface area contributed by atoms with Crippen LogP contribution in [0.4, 0.5) is 24.5 Å². The summed E-state index contributed by atoms with van der Waals surface area (Å²) in [7, 11) is 0. The Labute approximate surface area is 159 Å². The fourth-order valence-electron chi connectivity index (χ4n) is 3.25. The van der Waals surface area contributed by atoms with E-state index in [1.807, 2.05) is 6.92 Å². The third kappa shape index (κ3) is 3.33. The normalized spacial score (nSPS) is 16.2. The Morgan fingerprint density at radius 1 is 1.07 bits per heavy atom. The molecule has 0 saturated carbocycles. The molecule has 3 aromatic rings. The monoisotopic (exact) mass is 386 g/mol. The average molecular weight is 386 g/mol. The van der Waals surface area contributed by atoms with Crippen LogP contribution in [0, 0.1) is 17.5 Å². The number of anilines is 2. The van der Waals surface area contributed by atoms with Crippen LogP contribution in [-0.4, -0.2) is 22.2 Å². The number of benzene rings is 2. The number of hydrogen-bond donors (Lipinski definition) is 1. The van der Waals surface area contributed by atoms with Crippen LogP contribution in [0.15, 0.2) is 48.5 Å². The van der Waals surface area contributed by atoms with E-state index in [0.29, 0.717) is 23.6 Å². The summed E-state index contributed by atoms with van der Waals surface area (Å²) >= 11 is 0. The highest BCUT2D eigenvalue weighted by Crippen LogP contribution is 2.27. The Balaban J connectivity index is 1.55.